The quantitative estimate of drug-likeness (QED) is 0.518. The van der Waals surface area contributed by atoms with Crippen molar-refractivity contribution in [2.75, 3.05) is 6.54 Å². The largest absolute Gasteiger partial charge is 0.356 e. The molecule has 5 nitrogen and oxygen atoms in total. The molecule has 1 fully saturated rings. The molecule has 4 aromatic rings. The van der Waals surface area contributed by atoms with E-state index in [1.54, 1.807) is 11.3 Å². The summed E-state index contributed by atoms with van der Waals surface area (Å²) in [5, 5.41) is 6.08. The van der Waals surface area contributed by atoms with Gasteiger partial charge in [-0.2, -0.15) is 0 Å². The Balaban J connectivity index is 1.43. The van der Waals surface area contributed by atoms with Crippen molar-refractivity contribution in [3.8, 4) is 0 Å². The Kier molecular flexibility index (Phi) is 4.13. The van der Waals surface area contributed by atoms with Crippen LogP contribution in [-0.4, -0.2) is 27.5 Å². The fourth-order valence-corrected chi connectivity index (χ4v) is 4.95. The van der Waals surface area contributed by atoms with E-state index in [1.807, 2.05) is 47.4 Å². The summed E-state index contributed by atoms with van der Waals surface area (Å²) >= 11 is 1.70. The van der Waals surface area contributed by atoms with Crippen molar-refractivity contribution in [2.24, 2.45) is 0 Å². The van der Waals surface area contributed by atoms with E-state index in [-0.39, 0.29) is 18.4 Å². The van der Waals surface area contributed by atoms with Gasteiger partial charge in [-0.3, -0.25) is 4.79 Å². The van der Waals surface area contributed by atoms with Gasteiger partial charge in [0.1, 0.15) is 10.7 Å². The van der Waals surface area contributed by atoms with Crippen molar-refractivity contribution in [3.63, 3.8) is 0 Å². The van der Waals surface area contributed by atoms with Crippen LogP contribution < -0.4 is 0 Å². The highest BCUT2D eigenvalue weighted by atomic mass is 32.1. The smallest absolute Gasteiger partial charge is 0.229 e. The fourth-order valence-electron chi connectivity index (χ4n) is 3.83. The van der Waals surface area contributed by atoms with Crippen LogP contribution in [0.3, 0.4) is 0 Å². The zero-order valence-corrected chi connectivity index (χ0v) is 15.6. The Morgan fingerprint density at radius 3 is 2.93 bits per heavy atom. The molecule has 0 bridgehead atoms. The lowest BCUT2D eigenvalue weighted by atomic mass is 10.0. The molecule has 1 atom stereocenters. The predicted molar refractivity (Wildman–Crippen MR) is 106 cm³/mol. The third-order valence-corrected chi connectivity index (χ3v) is 6.33. The van der Waals surface area contributed by atoms with E-state index in [0.29, 0.717) is 5.69 Å². The molecule has 1 amide bonds. The molecule has 2 aromatic carbocycles. The van der Waals surface area contributed by atoms with Gasteiger partial charge in [-0.15, -0.1) is 11.3 Å². The van der Waals surface area contributed by atoms with Crippen LogP contribution >= 0.6 is 11.3 Å². The van der Waals surface area contributed by atoms with Crippen LogP contribution in [0.15, 0.2) is 53.1 Å². The van der Waals surface area contributed by atoms with Crippen LogP contribution in [0.4, 0.5) is 0 Å². The number of benzene rings is 2. The fraction of sp³-hybridized carbons (Fsp3) is 0.286. The minimum Gasteiger partial charge on any atom is -0.356 e. The third kappa shape index (κ3) is 3.00. The maximum atomic E-state index is 13.1. The minimum absolute atomic E-state index is 0.0572. The summed E-state index contributed by atoms with van der Waals surface area (Å²) < 4.78 is 6.53. The third-order valence-electron chi connectivity index (χ3n) is 5.19. The molecule has 27 heavy (non-hydrogen) atoms. The van der Waals surface area contributed by atoms with E-state index in [4.69, 9.17) is 9.51 Å². The highest BCUT2D eigenvalue weighted by molar-refractivity contribution is 7.18. The van der Waals surface area contributed by atoms with Crippen molar-refractivity contribution >= 4 is 38.4 Å². The Labute approximate surface area is 160 Å². The number of fused-ring (bicyclic) bond motifs is 2. The molecule has 1 aliphatic heterocycles. The molecule has 1 aliphatic rings. The number of piperidine rings is 1. The number of carbonyl (C=O) groups excluding carboxylic acids is 1. The molecule has 0 unspecified atom stereocenters. The Morgan fingerprint density at radius 1 is 1.15 bits per heavy atom. The van der Waals surface area contributed by atoms with E-state index in [1.165, 1.54) is 4.70 Å². The van der Waals surface area contributed by atoms with Crippen molar-refractivity contribution in [2.45, 2.75) is 31.7 Å². The van der Waals surface area contributed by atoms with Crippen LogP contribution in [0.25, 0.3) is 21.2 Å². The molecule has 2 aromatic heterocycles. The summed E-state index contributed by atoms with van der Waals surface area (Å²) in [7, 11) is 0. The first-order valence-electron chi connectivity index (χ1n) is 9.28. The molecule has 0 radical (unpaired) electrons. The summed E-state index contributed by atoms with van der Waals surface area (Å²) in [4.78, 5) is 19.9. The van der Waals surface area contributed by atoms with Gasteiger partial charge in [0.15, 0.2) is 5.58 Å². The number of aromatic nitrogens is 2. The second kappa shape index (κ2) is 6.78. The van der Waals surface area contributed by atoms with Crippen molar-refractivity contribution in [1.82, 2.24) is 15.0 Å². The normalized spacial score (nSPS) is 17.6. The second-order valence-electron chi connectivity index (χ2n) is 6.92. The molecular weight excluding hydrogens is 358 g/mol. The van der Waals surface area contributed by atoms with Crippen LogP contribution in [0.5, 0.6) is 0 Å². The number of thiazole rings is 1. The lowest BCUT2D eigenvalue weighted by Crippen LogP contribution is -2.39. The topological polar surface area (TPSA) is 59.2 Å². The number of hydrogen-bond acceptors (Lipinski definition) is 5. The SMILES string of the molecule is O=C(Cc1noc2ccccc12)N1CCCC[C@H]1c1nc2ccccc2s1. The molecule has 0 saturated carbocycles. The Bertz CT molecular complexity index is 1080. The number of para-hydroxylation sites is 2. The first-order valence-corrected chi connectivity index (χ1v) is 10.1. The average Bonchev–Trinajstić information content (AvgIpc) is 3.32. The summed E-state index contributed by atoms with van der Waals surface area (Å²) in [5.41, 5.74) is 2.45. The molecule has 136 valence electrons. The number of rotatable bonds is 3. The van der Waals surface area contributed by atoms with Gasteiger partial charge in [-0.1, -0.05) is 29.4 Å². The Hall–Kier alpha value is -2.73. The number of hydrogen-bond donors (Lipinski definition) is 0. The van der Waals surface area contributed by atoms with Crippen LogP contribution in [0.1, 0.15) is 36.0 Å². The maximum Gasteiger partial charge on any atom is 0.229 e. The van der Waals surface area contributed by atoms with Crippen LogP contribution in [-0.2, 0) is 11.2 Å². The number of nitrogens with zero attached hydrogens (tertiary/aromatic N) is 3. The van der Waals surface area contributed by atoms with Gasteiger partial charge in [0.05, 0.1) is 22.7 Å². The lowest BCUT2D eigenvalue weighted by molar-refractivity contribution is -0.134. The lowest BCUT2D eigenvalue weighted by Gasteiger charge is -2.34. The van der Waals surface area contributed by atoms with Crippen molar-refractivity contribution < 1.29 is 9.32 Å². The number of carbonyl (C=O) groups is 1. The van der Waals surface area contributed by atoms with Gasteiger partial charge in [0, 0.05) is 11.9 Å². The van der Waals surface area contributed by atoms with E-state index in [2.05, 4.69) is 11.2 Å². The van der Waals surface area contributed by atoms with Gasteiger partial charge >= 0.3 is 0 Å². The monoisotopic (exact) mass is 377 g/mol. The van der Waals surface area contributed by atoms with Crippen LogP contribution in [0.2, 0.25) is 0 Å². The number of likely N-dealkylation sites (tertiary alicyclic amines) is 1. The maximum absolute atomic E-state index is 13.1. The number of amides is 1. The zero-order chi connectivity index (χ0) is 18.2. The zero-order valence-electron chi connectivity index (χ0n) is 14.8. The van der Waals surface area contributed by atoms with E-state index >= 15 is 0 Å². The molecule has 6 heteroatoms. The molecular formula is C21H19N3O2S. The van der Waals surface area contributed by atoms with Crippen molar-refractivity contribution in [3.05, 3.63) is 59.2 Å². The summed E-state index contributed by atoms with van der Waals surface area (Å²) in [5.74, 6) is 0.0954. The predicted octanol–water partition coefficient (Wildman–Crippen LogP) is 4.73. The standard InChI is InChI=1S/C21H19N3O2S/c25-20(13-16-14-7-1-3-10-18(14)26-23-16)24-12-6-5-9-17(24)21-22-15-8-2-4-11-19(15)27-21/h1-4,7-8,10-11,17H,5-6,9,12-13H2/t17-/m0/s1. The van der Waals surface area contributed by atoms with Crippen molar-refractivity contribution in [1.29, 1.82) is 0 Å². The van der Waals surface area contributed by atoms with Crippen LogP contribution in [0, 0.1) is 0 Å². The summed E-state index contributed by atoms with van der Waals surface area (Å²) in [6, 6.07) is 15.9. The molecule has 0 spiro atoms. The Morgan fingerprint density at radius 2 is 2.00 bits per heavy atom. The molecule has 0 N–H and O–H groups in total. The highest BCUT2D eigenvalue weighted by Crippen LogP contribution is 2.36. The molecule has 0 aliphatic carbocycles. The summed E-state index contributed by atoms with van der Waals surface area (Å²) in [6.45, 7) is 0.773. The van der Waals surface area contributed by atoms with Gasteiger partial charge in [0.2, 0.25) is 5.91 Å². The molecule has 5 rings (SSSR count). The average molecular weight is 377 g/mol. The second-order valence-corrected chi connectivity index (χ2v) is 7.98. The highest BCUT2D eigenvalue weighted by Gasteiger charge is 2.31. The van der Waals surface area contributed by atoms with Gasteiger partial charge in [-0.25, -0.2) is 4.98 Å². The van der Waals surface area contributed by atoms with Gasteiger partial charge < -0.3 is 9.42 Å². The molecule has 1 saturated heterocycles. The van der Waals surface area contributed by atoms with E-state index < -0.39 is 0 Å². The van der Waals surface area contributed by atoms with Gasteiger partial charge in [-0.05, 0) is 43.5 Å². The minimum atomic E-state index is 0.0572. The molecule has 3 heterocycles. The van der Waals surface area contributed by atoms with E-state index in [9.17, 15) is 4.79 Å². The first-order chi connectivity index (χ1) is 13.3. The summed E-state index contributed by atoms with van der Waals surface area (Å²) in [6.07, 6.45) is 3.38. The van der Waals surface area contributed by atoms with E-state index in [0.717, 1.165) is 47.3 Å². The van der Waals surface area contributed by atoms with Gasteiger partial charge in [0.25, 0.3) is 0 Å². The first kappa shape index (κ1) is 16.4.